The van der Waals surface area contributed by atoms with E-state index in [2.05, 4.69) is 4.72 Å². The number of carbonyl (C=O) groups is 1. The van der Waals surface area contributed by atoms with Crippen LogP contribution >= 0.6 is 0 Å². The molecule has 21 heavy (non-hydrogen) atoms. The fourth-order valence-electron chi connectivity index (χ4n) is 2.36. The fraction of sp³-hybridized carbons (Fsp3) is 0.500. The number of rotatable bonds is 5. The van der Waals surface area contributed by atoms with E-state index in [1.54, 1.807) is 0 Å². The summed E-state index contributed by atoms with van der Waals surface area (Å²) in [5, 5.41) is 8.70. The monoisotopic (exact) mass is 313 g/mol. The number of carboxylic acid groups (broad SMARTS) is 1. The van der Waals surface area contributed by atoms with Gasteiger partial charge < -0.3 is 9.84 Å². The van der Waals surface area contributed by atoms with Gasteiger partial charge in [0.15, 0.2) is 0 Å². The van der Waals surface area contributed by atoms with Crippen molar-refractivity contribution in [2.24, 2.45) is 0 Å². The van der Waals surface area contributed by atoms with Crippen LogP contribution in [0.15, 0.2) is 29.2 Å². The van der Waals surface area contributed by atoms with E-state index in [0.717, 1.165) is 12.8 Å². The molecule has 0 bridgehead atoms. The zero-order chi connectivity index (χ0) is 15.5. The predicted octanol–water partition coefficient (Wildman–Crippen LogP) is 1.16. The number of nitrogens with one attached hydrogen (secondary N) is 1. The third-order valence-electron chi connectivity index (χ3n) is 3.41. The summed E-state index contributed by atoms with van der Waals surface area (Å²) in [6.07, 6.45) is 1.42. The van der Waals surface area contributed by atoms with E-state index >= 15 is 0 Å². The Morgan fingerprint density at radius 2 is 2.05 bits per heavy atom. The van der Waals surface area contributed by atoms with Gasteiger partial charge in [-0.05, 0) is 37.5 Å². The van der Waals surface area contributed by atoms with Crippen LogP contribution in [0.25, 0.3) is 0 Å². The summed E-state index contributed by atoms with van der Waals surface area (Å²) in [6.45, 7) is 2.83. The smallest absolute Gasteiger partial charge is 0.307 e. The molecule has 2 rings (SSSR count). The second kappa shape index (κ2) is 6.13. The molecule has 1 saturated heterocycles. The first-order chi connectivity index (χ1) is 9.81. The minimum atomic E-state index is -3.64. The normalized spacial score (nSPS) is 22.9. The maximum Gasteiger partial charge on any atom is 0.307 e. The molecule has 1 unspecified atom stereocenters. The lowest BCUT2D eigenvalue weighted by molar-refractivity contribution is -0.136. The second-order valence-corrected chi connectivity index (χ2v) is 7.22. The van der Waals surface area contributed by atoms with Crippen LogP contribution in [0.1, 0.15) is 25.3 Å². The highest BCUT2D eigenvalue weighted by molar-refractivity contribution is 7.89. The predicted molar refractivity (Wildman–Crippen MR) is 76.6 cm³/mol. The van der Waals surface area contributed by atoms with Gasteiger partial charge in [-0.15, -0.1) is 0 Å². The first-order valence-corrected chi connectivity index (χ1v) is 8.22. The summed E-state index contributed by atoms with van der Waals surface area (Å²) >= 11 is 0. The van der Waals surface area contributed by atoms with Gasteiger partial charge in [0.25, 0.3) is 0 Å². The molecule has 0 aromatic heterocycles. The Bertz CT molecular complexity index is 603. The van der Waals surface area contributed by atoms with Crippen molar-refractivity contribution in [3.05, 3.63) is 29.8 Å². The van der Waals surface area contributed by atoms with Gasteiger partial charge in [0.1, 0.15) is 0 Å². The maximum atomic E-state index is 12.4. The van der Waals surface area contributed by atoms with Gasteiger partial charge in [0, 0.05) is 6.61 Å². The topological polar surface area (TPSA) is 92.7 Å². The summed E-state index contributed by atoms with van der Waals surface area (Å²) in [4.78, 5) is 10.7. The lowest BCUT2D eigenvalue weighted by Gasteiger charge is -2.33. The molecule has 1 aromatic rings. The van der Waals surface area contributed by atoms with Gasteiger partial charge in [0.2, 0.25) is 10.0 Å². The Morgan fingerprint density at radius 3 is 2.57 bits per heavy atom. The molecule has 0 saturated carbocycles. The molecule has 0 amide bonds. The van der Waals surface area contributed by atoms with Crippen molar-refractivity contribution in [1.82, 2.24) is 4.72 Å². The van der Waals surface area contributed by atoms with Crippen LogP contribution in [0, 0.1) is 0 Å². The maximum absolute atomic E-state index is 12.4. The summed E-state index contributed by atoms with van der Waals surface area (Å²) in [7, 11) is -3.64. The average molecular weight is 313 g/mol. The van der Waals surface area contributed by atoms with Crippen molar-refractivity contribution in [3.8, 4) is 0 Å². The van der Waals surface area contributed by atoms with Gasteiger partial charge in [-0.25, -0.2) is 13.1 Å². The van der Waals surface area contributed by atoms with Crippen molar-refractivity contribution in [2.75, 3.05) is 13.2 Å². The molecule has 7 heteroatoms. The minimum Gasteiger partial charge on any atom is -0.481 e. The molecule has 0 spiro atoms. The fourth-order valence-corrected chi connectivity index (χ4v) is 3.78. The zero-order valence-electron chi connectivity index (χ0n) is 11.8. The first kappa shape index (κ1) is 15.9. The van der Waals surface area contributed by atoms with Gasteiger partial charge >= 0.3 is 5.97 Å². The van der Waals surface area contributed by atoms with Crippen molar-refractivity contribution in [3.63, 3.8) is 0 Å². The van der Waals surface area contributed by atoms with E-state index < -0.39 is 21.5 Å². The molecular weight excluding hydrogens is 294 g/mol. The molecule has 1 fully saturated rings. The molecule has 1 atom stereocenters. The Labute approximate surface area is 124 Å². The Kier molecular flexibility index (Phi) is 4.65. The van der Waals surface area contributed by atoms with Crippen LogP contribution in [-0.2, 0) is 26.0 Å². The number of benzene rings is 1. The van der Waals surface area contributed by atoms with Crippen LogP contribution in [0.3, 0.4) is 0 Å². The van der Waals surface area contributed by atoms with Crippen LogP contribution in [0.4, 0.5) is 0 Å². The Balaban J connectivity index is 2.13. The lowest BCUT2D eigenvalue weighted by atomic mass is 9.97. The van der Waals surface area contributed by atoms with Crippen LogP contribution in [0.5, 0.6) is 0 Å². The molecule has 116 valence electrons. The summed E-state index contributed by atoms with van der Waals surface area (Å²) in [5.41, 5.74) is -0.0368. The third-order valence-corrected chi connectivity index (χ3v) is 5.06. The second-order valence-electron chi connectivity index (χ2n) is 5.54. The van der Waals surface area contributed by atoms with Crippen LogP contribution in [0.2, 0.25) is 0 Å². The lowest BCUT2D eigenvalue weighted by Crippen LogP contribution is -2.51. The minimum absolute atomic E-state index is 0.126. The van der Waals surface area contributed by atoms with Crippen LogP contribution < -0.4 is 4.72 Å². The Hall–Kier alpha value is -1.44. The number of sulfonamides is 1. The van der Waals surface area contributed by atoms with Crippen molar-refractivity contribution < 1.29 is 23.1 Å². The molecule has 1 aromatic carbocycles. The third kappa shape index (κ3) is 4.26. The summed E-state index contributed by atoms with van der Waals surface area (Å²) in [5.74, 6) is -0.949. The average Bonchev–Trinajstić information content (AvgIpc) is 2.38. The molecule has 0 radical (unpaired) electrons. The van der Waals surface area contributed by atoms with Gasteiger partial charge in [-0.2, -0.15) is 0 Å². The first-order valence-electron chi connectivity index (χ1n) is 6.73. The highest BCUT2D eigenvalue weighted by Crippen LogP contribution is 2.22. The number of hydrogen-bond donors (Lipinski definition) is 2. The van der Waals surface area contributed by atoms with E-state index in [1.165, 1.54) is 24.3 Å². The van der Waals surface area contributed by atoms with E-state index in [4.69, 9.17) is 9.84 Å². The quantitative estimate of drug-likeness (QED) is 0.851. The van der Waals surface area contributed by atoms with Crippen molar-refractivity contribution >= 4 is 16.0 Å². The number of ether oxygens (including phenoxy) is 1. The van der Waals surface area contributed by atoms with E-state index in [1.807, 2.05) is 6.92 Å². The molecule has 1 heterocycles. The largest absolute Gasteiger partial charge is 0.481 e. The molecular formula is C14H19NO5S. The standard InChI is InChI=1S/C14H19NO5S/c1-14(7-2-8-20-10-14)15-21(18,19)12-5-3-11(4-6-12)9-13(16)17/h3-6,15H,2,7-10H2,1H3,(H,16,17). The van der Waals surface area contributed by atoms with Gasteiger partial charge in [0.05, 0.1) is 23.5 Å². The van der Waals surface area contributed by atoms with E-state index in [0.29, 0.717) is 18.8 Å². The van der Waals surface area contributed by atoms with Crippen LogP contribution in [-0.4, -0.2) is 38.2 Å². The Morgan fingerprint density at radius 1 is 1.38 bits per heavy atom. The zero-order valence-corrected chi connectivity index (χ0v) is 12.6. The number of carboxylic acids is 1. The molecule has 2 N–H and O–H groups in total. The molecule has 1 aliphatic rings. The summed E-state index contributed by atoms with van der Waals surface area (Å²) < 4.78 is 32.7. The highest BCUT2D eigenvalue weighted by Gasteiger charge is 2.32. The molecule has 6 nitrogen and oxygen atoms in total. The van der Waals surface area contributed by atoms with Gasteiger partial charge in [-0.1, -0.05) is 12.1 Å². The number of aliphatic carboxylic acids is 1. The van der Waals surface area contributed by atoms with E-state index in [9.17, 15) is 13.2 Å². The highest BCUT2D eigenvalue weighted by atomic mass is 32.2. The summed E-state index contributed by atoms with van der Waals surface area (Å²) in [6, 6.07) is 5.88. The SMILES string of the molecule is CC1(NS(=O)(=O)c2ccc(CC(=O)O)cc2)CCCOC1. The number of hydrogen-bond acceptors (Lipinski definition) is 4. The molecule has 0 aliphatic carbocycles. The molecule has 1 aliphatic heterocycles. The van der Waals surface area contributed by atoms with Crippen molar-refractivity contribution in [2.45, 2.75) is 36.6 Å². The van der Waals surface area contributed by atoms with E-state index in [-0.39, 0.29) is 11.3 Å². The van der Waals surface area contributed by atoms with Gasteiger partial charge in [-0.3, -0.25) is 4.79 Å². The van der Waals surface area contributed by atoms with Crippen molar-refractivity contribution in [1.29, 1.82) is 0 Å².